The van der Waals surface area contributed by atoms with Gasteiger partial charge in [-0.2, -0.15) is 0 Å². The molecule has 1 aliphatic heterocycles. The monoisotopic (exact) mass is 241 g/mol. The quantitative estimate of drug-likeness (QED) is 0.895. The highest BCUT2D eigenvalue weighted by atomic mass is 15.0. The number of aromatic nitrogens is 2. The van der Waals surface area contributed by atoms with Crippen molar-refractivity contribution in [3.63, 3.8) is 0 Å². The van der Waals surface area contributed by atoms with Crippen LogP contribution in [0, 0.1) is 0 Å². The number of nitrogens with one attached hydrogen (secondary N) is 1. The number of imidazole rings is 1. The van der Waals surface area contributed by atoms with Gasteiger partial charge in [-0.25, -0.2) is 4.98 Å². The average Bonchev–Trinajstić information content (AvgIpc) is 2.94. The van der Waals surface area contributed by atoms with Crippen LogP contribution in [0.5, 0.6) is 0 Å². The van der Waals surface area contributed by atoms with Crippen molar-refractivity contribution in [1.29, 1.82) is 0 Å². The van der Waals surface area contributed by atoms with E-state index in [9.17, 15) is 0 Å². The summed E-state index contributed by atoms with van der Waals surface area (Å²) in [5, 5.41) is 3.60. The van der Waals surface area contributed by atoms with Crippen molar-refractivity contribution in [2.75, 3.05) is 6.54 Å². The van der Waals surface area contributed by atoms with Crippen LogP contribution >= 0.6 is 0 Å². The fraction of sp³-hybridized carbons (Fsp3) is 0.400. The number of rotatable bonds is 3. The van der Waals surface area contributed by atoms with Crippen molar-refractivity contribution in [3.8, 4) is 5.69 Å². The van der Waals surface area contributed by atoms with Gasteiger partial charge in [0.25, 0.3) is 0 Å². The lowest BCUT2D eigenvalue weighted by Crippen LogP contribution is -2.35. The van der Waals surface area contributed by atoms with E-state index in [-0.39, 0.29) is 0 Å². The van der Waals surface area contributed by atoms with Crippen LogP contribution in [0.25, 0.3) is 5.69 Å². The minimum atomic E-state index is 0.650. The van der Waals surface area contributed by atoms with E-state index in [4.69, 9.17) is 0 Å². The van der Waals surface area contributed by atoms with Gasteiger partial charge in [-0.1, -0.05) is 18.6 Å². The maximum atomic E-state index is 4.09. The largest absolute Gasteiger partial charge is 0.314 e. The highest BCUT2D eigenvalue weighted by molar-refractivity contribution is 5.36. The Bertz CT molecular complexity index is 484. The Labute approximate surface area is 108 Å². The van der Waals surface area contributed by atoms with Gasteiger partial charge in [-0.05, 0) is 43.5 Å². The summed E-state index contributed by atoms with van der Waals surface area (Å²) in [5.41, 5.74) is 2.60. The Morgan fingerprint density at radius 3 is 3.11 bits per heavy atom. The molecule has 1 atom stereocenters. The Hall–Kier alpha value is -1.61. The van der Waals surface area contributed by atoms with Crippen LogP contribution < -0.4 is 5.32 Å². The first kappa shape index (κ1) is 11.5. The molecule has 94 valence electrons. The number of piperidine rings is 1. The van der Waals surface area contributed by atoms with E-state index in [0.717, 1.165) is 6.42 Å². The van der Waals surface area contributed by atoms with Crippen molar-refractivity contribution >= 4 is 0 Å². The topological polar surface area (TPSA) is 29.9 Å². The van der Waals surface area contributed by atoms with Crippen molar-refractivity contribution in [1.82, 2.24) is 14.9 Å². The molecule has 1 saturated heterocycles. The first-order valence-corrected chi connectivity index (χ1v) is 6.72. The second-order valence-corrected chi connectivity index (χ2v) is 4.99. The lowest BCUT2D eigenvalue weighted by molar-refractivity contribution is 0.399. The fourth-order valence-corrected chi connectivity index (χ4v) is 2.64. The summed E-state index contributed by atoms with van der Waals surface area (Å²) in [6.45, 7) is 1.17. The lowest BCUT2D eigenvalue weighted by atomic mass is 9.97. The van der Waals surface area contributed by atoms with Crippen LogP contribution in [0.15, 0.2) is 43.0 Å². The van der Waals surface area contributed by atoms with Gasteiger partial charge in [-0.15, -0.1) is 0 Å². The Balaban J connectivity index is 1.74. The smallest absolute Gasteiger partial charge is 0.0991 e. The van der Waals surface area contributed by atoms with Gasteiger partial charge < -0.3 is 9.88 Å². The van der Waals surface area contributed by atoms with Gasteiger partial charge in [0.1, 0.15) is 0 Å². The Morgan fingerprint density at radius 2 is 2.33 bits per heavy atom. The fourth-order valence-electron chi connectivity index (χ4n) is 2.64. The van der Waals surface area contributed by atoms with E-state index in [0.29, 0.717) is 6.04 Å². The standard InChI is InChI=1S/C15H19N3/c1-2-7-17-14(5-1)10-13-4-3-6-15(11-13)18-9-8-16-12-18/h3-4,6,8-9,11-12,14,17H,1-2,5,7,10H2. The van der Waals surface area contributed by atoms with Crippen molar-refractivity contribution in [2.45, 2.75) is 31.7 Å². The van der Waals surface area contributed by atoms with E-state index in [1.54, 1.807) is 0 Å². The molecule has 18 heavy (non-hydrogen) atoms. The second kappa shape index (κ2) is 5.36. The number of nitrogens with zero attached hydrogens (tertiary/aromatic N) is 2. The molecule has 0 saturated carbocycles. The van der Waals surface area contributed by atoms with Gasteiger partial charge in [0.15, 0.2) is 0 Å². The zero-order valence-corrected chi connectivity index (χ0v) is 10.5. The molecule has 1 aromatic carbocycles. The predicted octanol–water partition coefficient (Wildman–Crippen LogP) is 2.56. The second-order valence-electron chi connectivity index (χ2n) is 4.99. The van der Waals surface area contributed by atoms with E-state index in [1.807, 2.05) is 18.7 Å². The molecule has 0 aliphatic carbocycles. The maximum absolute atomic E-state index is 4.09. The molecular weight excluding hydrogens is 222 g/mol. The molecule has 3 heteroatoms. The van der Waals surface area contributed by atoms with Gasteiger partial charge >= 0.3 is 0 Å². The maximum Gasteiger partial charge on any atom is 0.0991 e. The van der Waals surface area contributed by atoms with Crippen molar-refractivity contribution in [3.05, 3.63) is 48.5 Å². The predicted molar refractivity (Wildman–Crippen MR) is 72.9 cm³/mol. The van der Waals surface area contributed by atoms with Crippen molar-refractivity contribution in [2.24, 2.45) is 0 Å². The lowest BCUT2D eigenvalue weighted by Gasteiger charge is -2.23. The molecule has 0 bridgehead atoms. The van der Waals surface area contributed by atoms with Crippen LogP contribution in [0.1, 0.15) is 24.8 Å². The van der Waals surface area contributed by atoms with Crippen molar-refractivity contribution < 1.29 is 0 Å². The average molecular weight is 241 g/mol. The Kier molecular flexibility index (Phi) is 3.42. The molecule has 0 amide bonds. The molecule has 2 heterocycles. The van der Waals surface area contributed by atoms with Crippen LogP contribution in [-0.4, -0.2) is 22.1 Å². The first-order chi connectivity index (χ1) is 8.92. The van der Waals surface area contributed by atoms with Crippen LogP contribution in [0.4, 0.5) is 0 Å². The van der Waals surface area contributed by atoms with E-state index in [1.165, 1.54) is 37.1 Å². The zero-order chi connectivity index (χ0) is 12.2. The third kappa shape index (κ3) is 2.62. The van der Waals surface area contributed by atoms with Crippen LogP contribution in [-0.2, 0) is 6.42 Å². The summed E-state index contributed by atoms with van der Waals surface area (Å²) in [6.07, 6.45) is 10.8. The number of benzene rings is 1. The minimum Gasteiger partial charge on any atom is -0.314 e. The van der Waals surface area contributed by atoms with E-state index < -0.39 is 0 Å². The third-order valence-electron chi connectivity index (χ3n) is 3.61. The highest BCUT2D eigenvalue weighted by Gasteiger charge is 2.13. The summed E-state index contributed by atoms with van der Waals surface area (Å²) in [6, 6.07) is 9.39. The molecule has 3 rings (SSSR count). The highest BCUT2D eigenvalue weighted by Crippen LogP contribution is 2.15. The van der Waals surface area contributed by atoms with Gasteiger partial charge in [0, 0.05) is 24.1 Å². The first-order valence-electron chi connectivity index (χ1n) is 6.72. The summed E-state index contributed by atoms with van der Waals surface area (Å²) in [7, 11) is 0. The molecule has 3 nitrogen and oxygen atoms in total. The van der Waals surface area contributed by atoms with E-state index in [2.05, 4.69) is 39.1 Å². The van der Waals surface area contributed by atoms with Crippen LogP contribution in [0.2, 0.25) is 0 Å². The van der Waals surface area contributed by atoms with Gasteiger partial charge in [0.05, 0.1) is 6.33 Å². The molecule has 1 aliphatic rings. The summed E-state index contributed by atoms with van der Waals surface area (Å²) in [4.78, 5) is 4.09. The molecule has 0 spiro atoms. The Morgan fingerprint density at radius 1 is 1.33 bits per heavy atom. The molecular formula is C15H19N3. The number of hydrogen-bond donors (Lipinski definition) is 1. The van der Waals surface area contributed by atoms with Gasteiger partial charge in [-0.3, -0.25) is 0 Å². The molecule has 0 radical (unpaired) electrons. The number of hydrogen-bond acceptors (Lipinski definition) is 2. The molecule has 2 aromatic rings. The third-order valence-corrected chi connectivity index (χ3v) is 3.61. The zero-order valence-electron chi connectivity index (χ0n) is 10.5. The summed E-state index contributed by atoms with van der Waals surface area (Å²) < 4.78 is 2.05. The molecule has 1 N–H and O–H groups in total. The molecule has 1 fully saturated rings. The molecule has 1 aromatic heterocycles. The molecule has 1 unspecified atom stereocenters. The summed E-state index contributed by atoms with van der Waals surface area (Å²) >= 11 is 0. The minimum absolute atomic E-state index is 0.650. The normalized spacial score (nSPS) is 19.9. The van der Waals surface area contributed by atoms with Crippen LogP contribution in [0.3, 0.4) is 0 Å². The summed E-state index contributed by atoms with van der Waals surface area (Å²) in [5.74, 6) is 0. The SMILES string of the molecule is c1cc(CC2CCCCN2)cc(-n2ccnc2)c1. The van der Waals surface area contributed by atoms with E-state index >= 15 is 0 Å². The van der Waals surface area contributed by atoms with Gasteiger partial charge in [0.2, 0.25) is 0 Å².